The molecule has 0 radical (unpaired) electrons. The molecule has 3 rings (SSSR count). The Balaban J connectivity index is 1.76. The molecule has 1 unspecified atom stereocenters. The Bertz CT molecular complexity index is 882. The molecule has 134 valence electrons. The van der Waals surface area contributed by atoms with Crippen molar-refractivity contribution in [1.82, 2.24) is 10.2 Å². The van der Waals surface area contributed by atoms with Crippen molar-refractivity contribution in [3.63, 3.8) is 0 Å². The highest BCUT2D eigenvalue weighted by Gasteiger charge is 2.49. The van der Waals surface area contributed by atoms with E-state index >= 15 is 0 Å². The van der Waals surface area contributed by atoms with E-state index in [1.165, 1.54) is 0 Å². The van der Waals surface area contributed by atoms with Crippen molar-refractivity contribution in [3.05, 3.63) is 63.2 Å². The molecular weight excluding hydrogens is 445 g/mol. The van der Waals surface area contributed by atoms with Gasteiger partial charge in [-0.15, -0.1) is 0 Å². The molecule has 0 saturated carbocycles. The van der Waals surface area contributed by atoms with Crippen LogP contribution in [0.15, 0.2) is 48.5 Å². The van der Waals surface area contributed by atoms with Crippen LogP contribution in [-0.2, 0) is 15.1 Å². The fourth-order valence-corrected chi connectivity index (χ4v) is 3.39. The third-order valence-corrected chi connectivity index (χ3v) is 5.11. The van der Waals surface area contributed by atoms with Crippen LogP contribution in [0.3, 0.4) is 0 Å². The van der Waals surface area contributed by atoms with Crippen LogP contribution < -0.4 is 10.6 Å². The number of anilines is 1. The number of urea groups is 1. The van der Waals surface area contributed by atoms with Gasteiger partial charge in [0.05, 0.1) is 0 Å². The molecule has 0 aliphatic carbocycles. The second-order valence-electron chi connectivity index (χ2n) is 6.32. The summed E-state index contributed by atoms with van der Waals surface area (Å²) in [7, 11) is 0. The number of carbonyl (C=O) groups is 3. The molecule has 0 spiro atoms. The van der Waals surface area contributed by atoms with E-state index in [2.05, 4.69) is 33.2 Å². The van der Waals surface area contributed by atoms with Gasteiger partial charge in [-0.2, -0.15) is 0 Å². The molecule has 1 heterocycles. The molecule has 1 aliphatic heterocycles. The summed E-state index contributed by atoms with van der Waals surface area (Å²) in [5.41, 5.74) is 1.06. The molecule has 26 heavy (non-hydrogen) atoms. The van der Waals surface area contributed by atoms with Crippen LogP contribution in [0.25, 0.3) is 0 Å². The Morgan fingerprint density at radius 1 is 1.15 bits per heavy atom. The number of halogens is 1. The first-order valence-corrected chi connectivity index (χ1v) is 9.15. The van der Waals surface area contributed by atoms with Crippen LogP contribution in [0, 0.1) is 10.5 Å². The second kappa shape index (κ2) is 7.06. The zero-order chi connectivity index (χ0) is 18.9. The van der Waals surface area contributed by atoms with Gasteiger partial charge >= 0.3 is 6.03 Å². The number of benzene rings is 2. The van der Waals surface area contributed by atoms with Crippen LogP contribution in [0.1, 0.15) is 18.1 Å². The molecule has 1 atom stereocenters. The van der Waals surface area contributed by atoms with E-state index in [-0.39, 0.29) is 6.54 Å². The van der Waals surface area contributed by atoms with Gasteiger partial charge in [-0.3, -0.25) is 14.5 Å². The van der Waals surface area contributed by atoms with Crippen molar-refractivity contribution in [1.29, 1.82) is 0 Å². The molecule has 1 fully saturated rings. The molecule has 2 aromatic carbocycles. The number of nitrogens with zero attached hydrogens (tertiary/aromatic N) is 1. The molecule has 7 heteroatoms. The summed E-state index contributed by atoms with van der Waals surface area (Å²) in [5, 5.41) is 5.42. The fourth-order valence-electron chi connectivity index (χ4n) is 3.03. The first kappa shape index (κ1) is 18.4. The highest BCUT2D eigenvalue weighted by molar-refractivity contribution is 14.1. The summed E-state index contributed by atoms with van der Waals surface area (Å²) in [4.78, 5) is 38.4. The van der Waals surface area contributed by atoms with Crippen molar-refractivity contribution in [2.75, 3.05) is 11.9 Å². The third kappa shape index (κ3) is 3.44. The molecule has 4 amide bonds. The summed E-state index contributed by atoms with van der Waals surface area (Å²) >= 11 is 2.17. The van der Waals surface area contributed by atoms with Crippen LogP contribution in [-0.4, -0.2) is 29.3 Å². The molecule has 0 bridgehead atoms. The Hall–Kier alpha value is -2.42. The number of hydrogen-bond acceptors (Lipinski definition) is 3. The Kier molecular flexibility index (Phi) is 4.99. The summed E-state index contributed by atoms with van der Waals surface area (Å²) in [6.45, 7) is 3.21. The topological polar surface area (TPSA) is 78.5 Å². The van der Waals surface area contributed by atoms with E-state index in [1.807, 2.05) is 43.3 Å². The molecular formula is C19H18IN3O3. The van der Waals surface area contributed by atoms with Gasteiger partial charge in [0.2, 0.25) is 5.91 Å². The van der Waals surface area contributed by atoms with Crippen molar-refractivity contribution >= 4 is 46.1 Å². The molecule has 6 nitrogen and oxygen atoms in total. The van der Waals surface area contributed by atoms with Gasteiger partial charge < -0.3 is 10.6 Å². The van der Waals surface area contributed by atoms with Crippen LogP contribution in [0.2, 0.25) is 0 Å². The molecule has 2 N–H and O–H groups in total. The molecule has 1 aliphatic rings. The van der Waals surface area contributed by atoms with E-state index in [4.69, 9.17) is 0 Å². The second-order valence-corrected chi connectivity index (χ2v) is 7.56. The van der Waals surface area contributed by atoms with Gasteiger partial charge in [0.25, 0.3) is 5.91 Å². The van der Waals surface area contributed by atoms with E-state index in [0.29, 0.717) is 5.69 Å². The van der Waals surface area contributed by atoms with Crippen LogP contribution in [0.5, 0.6) is 0 Å². The van der Waals surface area contributed by atoms with Crippen molar-refractivity contribution in [2.45, 2.75) is 19.4 Å². The lowest BCUT2D eigenvalue weighted by molar-refractivity contribution is -0.133. The van der Waals surface area contributed by atoms with Gasteiger partial charge in [-0.05, 0) is 71.8 Å². The van der Waals surface area contributed by atoms with E-state index in [0.717, 1.165) is 19.6 Å². The summed E-state index contributed by atoms with van der Waals surface area (Å²) < 4.78 is 1.05. The normalized spacial score (nSPS) is 19.4. The highest BCUT2D eigenvalue weighted by Crippen LogP contribution is 2.30. The Labute approximate surface area is 165 Å². The first-order chi connectivity index (χ1) is 12.3. The maximum Gasteiger partial charge on any atom is 0.325 e. The van der Waals surface area contributed by atoms with Gasteiger partial charge in [0.15, 0.2) is 0 Å². The number of hydrogen-bond donors (Lipinski definition) is 2. The smallest absolute Gasteiger partial charge is 0.325 e. The number of amides is 4. The zero-order valence-corrected chi connectivity index (χ0v) is 16.5. The van der Waals surface area contributed by atoms with Crippen LogP contribution >= 0.6 is 22.6 Å². The Morgan fingerprint density at radius 3 is 2.46 bits per heavy atom. The maximum absolute atomic E-state index is 12.9. The minimum absolute atomic E-state index is 0.335. The largest absolute Gasteiger partial charge is 0.325 e. The van der Waals surface area contributed by atoms with E-state index < -0.39 is 23.4 Å². The first-order valence-electron chi connectivity index (χ1n) is 8.07. The summed E-state index contributed by atoms with van der Waals surface area (Å²) in [6.07, 6.45) is 0. The zero-order valence-electron chi connectivity index (χ0n) is 14.4. The maximum atomic E-state index is 12.9. The van der Waals surface area contributed by atoms with Gasteiger partial charge in [0, 0.05) is 9.26 Å². The predicted molar refractivity (Wildman–Crippen MR) is 107 cm³/mol. The third-order valence-electron chi connectivity index (χ3n) is 4.39. The van der Waals surface area contributed by atoms with Crippen molar-refractivity contribution in [3.8, 4) is 0 Å². The number of nitrogens with one attached hydrogen (secondary N) is 2. The lowest BCUT2D eigenvalue weighted by Crippen LogP contribution is -2.42. The minimum atomic E-state index is -1.18. The Morgan fingerprint density at radius 2 is 1.81 bits per heavy atom. The van der Waals surface area contributed by atoms with Gasteiger partial charge in [-0.1, -0.05) is 24.3 Å². The lowest BCUT2D eigenvalue weighted by Gasteiger charge is -2.24. The summed E-state index contributed by atoms with van der Waals surface area (Å²) in [6, 6.07) is 14.1. The SMILES string of the molecule is Cc1ccccc1C1(C)NC(=O)N(CC(=O)Nc2ccc(I)cc2)C1=O. The highest BCUT2D eigenvalue weighted by atomic mass is 127. The lowest BCUT2D eigenvalue weighted by atomic mass is 9.88. The van der Waals surface area contributed by atoms with Crippen LogP contribution in [0.4, 0.5) is 10.5 Å². The molecule has 2 aromatic rings. The van der Waals surface area contributed by atoms with E-state index in [9.17, 15) is 14.4 Å². The predicted octanol–water partition coefficient (Wildman–Crippen LogP) is 3.01. The fraction of sp³-hybridized carbons (Fsp3) is 0.211. The molecule has 0 aromatic heterocycles. The minimum Gasteiger partial charge on any atom is -0.325 e. The number of carbonyl (C=O) groups excluding carboxylic acids is 3. The van der Waals surface area contributed by atoms with Gasteiger partial charge in [0.1, 0.15) is 12.1 Å². The number of imide groups is 1. The average molecular weight is 463 g/mol. The quantitative estimate of drug-likeness (QED) is 0.541. The molecule has 1 saturated heterocycles. The average Bonchev–Trinajstić information content (AvgIpc) is 2.81. The summed E-state index contributed by atoms with van der Waals surface area (Å²) in [5.74, 6) is -0.863. The van der Waals surface area contributed by atoms with Crippen molar-refractivity contribution < 1.29 is 14.4 Å². The monoisotopic (exact) mass is 463 g/mol. The standard InChI is InChI=1S/C19H18IN3O3/c1-12-5-3-4-6-15(12)19(2)17(25)23(18(26)22-19)11-16(24)21-14-9-7-13(20)8-10-14/h3-10H,11H2,1-2H3,(H,21,24)(H,22,26). The van der Waals surface area contributed by atoms with Crippen molar-refractivity contribution in [2.24, 2.45) is 0 Å². The number of aryl methyl sites for hydroxylation is 1. The van der Waals surface area contributed by atoms with E-state index in [1.54, 1.807) is 19.1 Å². The van der Waals surface area contributed by atoms with Gasteiger partial charge in [-0.25, -0.2) is 4.79 Å². The number of rotatable bonds is 4.